The molecule has 1 saturated heterocycles. The normalized spacial score (nSPS) is 15.9. The first-order valence-electron chi connectivity index (χ1n) is 10.2. The van der Waals surface area contributed by atoms with Crippen LogP contribution in [0.3, 0.4) is 0 Å². The number of carbonyl (C=O) groups is 1. The van der Waals surface area contributed by atoms with Crippen LogP contribution < -0.4 is 14.4 Å². The molecular weight excluding hydrogens is 382 g/mol. The van der Waals surface area contributed by atoms with Crippen molar-refractivity contribution in [3.63, 3.8) is 0 Å². The third kappa shape index (κ3) is 3.80. The zero-order valence-corrected chi connectivity index (χ0v) is 17.3. The average Bonchev–Trinajstić information content (AvgIpc) is 3.17. The van der Waals surface area contributed by atoms with Crippen LogP contribution in [-0.2, 0) is 4.79 Å². The number of H-pyrrole nitrogens is 1. The Kier molecular flexibility index (Phi) is 5.81. The standard InChI is InChI=1S/C23H27N3O4/c1-3-30-21-7-5-4-6-20(21)25-10-12-26(13-11-25)22(23(27)28)18-15-24-19-9-8-16(29-2)14-17(18)19/h4-9,14-15,22,24H,3,10-13H2,1-2H3,(H,27,28)/t22-/m1/s1. The van der Waals surface area contributed by atoms with E-state index in [0.717, 1.165) is 41.0 Å². The molecule has 3 aromatic rings. The van der Waals surface area contributed by atoms with Gasteiger partial charge >= 0.3 is 5.97 Å². The Morgan fingerprint density at radius 2 is 1.93 bits per heavy atom. The van der Waals surface area contributed by atoms with Gasteiger partial charge in [-0.15, -0.1) is 0 Å². The van der Waals surface area contributed by atoms with Crippen LogP contribution in [0, 0.1) is 0 Å². The zero-order valence-electron chi connectivity index (χ0n) is 17.3. The fourth-order valence-electron chi connectivity index (χ4n) is 4.18. The fourth-order valence-corrected chi connectivity index (χ4v) is 4.18. The average molecular weight is 409 g/mol. The Labute approximate surface area is 175 Å². The monoisotopic (exact) mass is 409 g/mol. The molecule has 30 heavy (non-hydrogen) atoms. The highest BCUT2D eigenvalue weighted by Crippen LogP contribution is 2.33. The largest absolute Gasteiger partial charge is 0.497 e. The maximum atomic E-state index is 12.3. The summed E-state index contributed by atoms with van der Waals surface area (Å²) in [5.41, 5.74) is 2.73. The Bertz CT molecular complexity index is 1020. The minimum Gasteiger partial charge on any atom is -0.497 e. The summed E-state index contributed by atoms with van der Waals surface area (Å²) >= 11 is 0. The number of hydrogen-bond acceptors (Lipinski definition) is 5. The number of anilines is 1. The number of nitrogens with zero attached hydrogens (tertiary/aromatic N) is 2. The minimum absolute atomic E-state index is 0.613. The molecule has 1 aliphatic rings. The second kappa shape index (κ2) is 8.67. The van der Waals surface area contributed by atoms with Gasteiger partial charge in [-0.25, -0.2) is 0 Å². The molecule has 1 aromatic heterocycles. The van der Waals surface area contributed by atoms with Crippen LogP contribution in [-0.4, -0.2) is 60.9 Å². The van der Waals surface area contributed by atoms with Gasteiger partial charge in [-0.05, 0) is 37.3 Å². The Balaban J connectivity index is 1.56. The molecule has 1 aliphatic heterocycles. The molecule has 0 unspecified atom stereocenters. The summed E-state index contributed by atoms with van der Waals surface area (Å²) in [4.78, 5) is 19.8. The van der Waals surface area contributed by atoms with E-state index in [-0.39, 0.29) is 0 Å². The van der Waals surface area contributed by atoms with E-state index >= 15 is 0 Å². The number of carboxylic acids is 1. The molecule has 1 atom stereocenters. The lowest BCUT2D eigenvalue weighted by atomic mass is 10.0. The molecule has 1 fully saturated rings. The summed E-state index contributed by atoms with van der Waals surface area (Å²) in [6, 6.07) is 13.0. The summed E-state index contributed by atoms with van der Waals surface area (Å²) in [6.07, 6.45) is 1.81. The van der Waals surface area contributed by atoms with Gasteiger partial charge in [0, 0.05) is 48.8 Å². The van der Waals surface area contributed by atoms with Gasteiger partial charge in [0.1, 0.15) is 17.5 Å². The van der Waals surface area contributed by atoms with Crippen LogP contribution in [0.2, 0.25) is 0 Å². The summed E-state index contributed by atoms with van der Waals surface area (Å²) in [5, 5.41) is 10.9. The maximum absolute atomic E-state index is 12.3. The number of para-hydroxylation sites is 2. The van der Waals surface area contributed by atoms with Gasteiger partial charge < -0.3 is 24.5 Å². The van der Waals surface area contributed by atoms with Crippen LogP contribution in [0.1, 0.15) is 18.5 Å². The number of benzene rings is 2. The van der Waals surface area contributed by atoms with E-state index in [4.69, 9.17) is 9.47 Å². The molecule has 2 N–H and O–H groups in total. The minimum atomic E-state index is -0.845. The molecule has 158 valence electrons. The first-order valence-corrected chi connectivity index (χ1v) is 10.2. The molecule has 7 nitrogen and oxygen atoms in total. The van der Waals surface area contributed by atoms with Crippen molar-refractivity contribution in [2.24, 2.45) is 0 Å². The fraction of sp³-hybridized carbons (Fsp3) is 0.348. The highest BCUT2D eigenvalue weighted by molar-refractivity contribution is 5.90. The van der Waals surface area contributed by atoms with Crippen molar-refractivity contribution in [2.45, 2.75) is 13.0 Å². The third-order valence-electron chi connectivity index (χ3n) is 5.63. The van der Waals surface area contributed by atoms with Crippen molar-refractivity contribution in [1.82, 2.24) is 9.88 Å². The Hall–Kier alpha value is -3.19. The Morgan fingerprint density at radius 1 is 1.17 bits per heavy atom. The van der Waals surface area contributed by atoms with Crippen LogP contribution in [0.15, 0.2) is 48.7 Å². The van der Waals surface area contributed by atoms with E-state index in [1.165, 1.54) is 0 Å². The number of fused-ring (bicyclic) bond motifs is 1. The number of piperazine rings is 1. The lowest BCUT2D eigenvalue weighted by Gasteiger charge is -2.39. The van der Waals surface area contributed by atoms with Gasteiger partial charge in [0.15, 0.2) is 0 Å². The van der Waals surface area contributed by atoms with Crippen LogP contribution in [0.5, 0.6) is 11.5 Å². The molecule has 0 radical (unpaired) electrons. The maximum Gasteiger partial charge on any atom is 0.325 e. The molecule has 2 heterocycles. The first kappa shape index (κ1) is 20.1. The van der Waals surface area contributed by atoms with E-state index in [0.29, 0.717) is 25.4 Å². The highest BCUT2D eigenvalue weighted by Gasteiger charge is 2.32. The molecule has 0 amide bonds. The van der Waals surface area contributed by atoms with Gasteiger partial charge in [-0.1, -0.05) is 12.1 Å². The molecule has 0 spiro atoms. The van der Waals surface area contributed by atoms with Crippen molar-refractivity contribution in [2.75, 3.05) is 44.8 Å². The number of aliphatic carboxylic acids is 1. The third-order valence-corrected chi connectivity index (χ3v) is 5.63. The van der Waals surface area contributed by atoms with Gasteiger partial charge in [0.2, 0.25) is 0 Å². The highest BCUT2D eigenvalue weighted by atomic mass is 16.5. The number of aromatic nitrogens is 1. The second-order valence-corrected chi connectivity index (χ2v) is 7.32. The number of rotatable bonds is 7. The van der Waals surface area contributed by atoms with Crippen molar-refractivity contribution >= 4 is 22.6 Å². The molecule has 0 aliphatic carbocycles. The van der Waals surface area contributed by atoms with E-state index in [1.807, 2.05) is 48.2 Å². The number of nitrogens with one attached hydrogen (secondary N) is 1. The number of carboxylic acid groups (broad SMARTS) is 1. The lowest BCUT2D eigenvalue weighted by Crippen LogP contribution is -2.49. The molecule has 0 bridgehead atoms. The van der Waals surface area contributed by atoms with Gasteiger partial charge in [0.05, 0.1) is 19.4 Å². The molecule has 4 rings (SSSR count). The molecular formula is C23H27N3O4. The van der Waals surface area contributed by atoms with E-state index in [1.54, 1.807) is 13.3 Å². The predicted octanol–water partition coefficient (Wildman–Crippen LogP) is 3.52. The van der Waals surface area contributed by atoms with E-state index < -0.39 is 12.0 Å². The van der Waals surface area contributed by atoms with Crippen molar-refractivity contribution < 1.29 is 19.4 Å². The van der Waals surface area contributed by atoms with E-state index in [9.17, 15) is 9.90 Å². The zero-order chi connectivity index (χ0) is 21.1. The van der Waals surface area contributed by atoms with Crippen LogP contribution in [0.25, 0.3) is 10.9 Å². The first-order chi connectivity index (χ1) is 14.6. The molecule has 2 aromatic carbocycles. The lowest BCUT2D eigenvalue weighted by molar-refractivity contribution is -0.143. The van der Waals surface area contributed by atoms with Crippen LogP contribution >= 0.6 is 0 Å². The number of hydrogen-bond donors (Lipinski definition) is 2. The van der Waals surface area contributed by atoms with Crippen molar-refractivity contribution in [1.29, 1.82) is 0 Å². The van der Waals surface area contributed by atoms with Gasteiger partial charge in [-0.2, -0.15) is 0 Å². The van der Waals surface area contributed by atoms with Crippen molar-refractivity contribution in [3.05, 3.63) is 54.2 Å². The number of methoxy groups -OCH3 is 1. The number of aromatic amines is 1. The number of ether oxygens (including phenoxy) is 2. The van der Waals surface area contributed by atoms with Gasteiger partial charge in [-0.3, -0.25) is 9.69 Å². The van der Waals surface area contributed by atoms with Crippen LogP contribution in [0.4, 0.5) is 5.69 Å². The van der Waals surface area contributed by atoms with Crippen molar-refractivity contribution in [3.8, 4) is 11.5 Å². The topological polar surface area (TPSA) is 78.0 Å². The molecule has 7 heteroatoms. The summed E-state index contributed by atoms with van der Waals surface area (Å²) in [7, 11) is 1.61. The quantitative estimate of drug-likeness (QED) is 0.622. The smallest absolute Gasteiger partial charge is 0.325 e. The summed E-state index contributed by atoms with van der Waals surface area (Å²) in [6.45, 7) is 5.35. The predicted molar refractivity (Wildman–Crippen MR) is 117 cm³/mol. The van der Waals surface area contributed by atoms with Gasteiger partial charge in [0.25, 0.3) is 0 Å². The summed E-state index contributed by atoms with van der Waals surface area (Å²) < 4.78 is 11.1. The SMILES string of the molecule is CCOc1ccccc1N1CCN([C@@H](C(=O)O)c2c[nH]c3ccc(OC)cc23)CC1. The second-order valence-electron chi connectivity index (χ2n) is 7.32. The molecule has 0 saturated carbocycles. The summed E-state index contributed by atoms with van der Waals surface area (Å²) in [5.74, 6) is 0.735. The Morgan fingerprint density at radius 3 is 2.63 bits per heavy atom. The van der Waals surface area contributed by atoms with E-state index in [2.05, 4.69) is 16.0 Å².